The third kappa shape index (κ3) is 2.32. The Labute approximate surface area is 101 Å². The quantitative estimate of drug-likeness (QED) is 0.796. The zero-order valence-corrected chi connectivity index (χ0v) is 10.7. The van der Waals surface area contributed by atoms with E-state index in [1.807, 2.05) is 14.0 Å². The largest absolute Gasteiger partial charge is 0.257 e. The highest BCUT2D eigenvalue weighted by atomic mass is 35.5. The smallest absolute Gasteiger partial charge is 0.170 e. The molecule has 4 nitrogen and oxygen atoms in total. The van der Waals surface area contributed by atoms with E-state index in [1.54, 1.807) is 22.8 Å². The molecule has 2 aromatic rings. The Morgan fingerprint density at radius 3 is 2.93 bits per heavy atom. The molecule has 80 valence electrons. The molecular formula is C8H9ClN4S2. The normalized spacial score (nSPS) is 10.9. The van der Waals surface area contributed by atoms with Gasteiger partial charge in [-0.15, -0.1) is 0 Å². The Bertz CT molecular complexity index is 451. The molecule has 2 rings (SSSR count). The van der Waals surface area contributed by atoms with Crippen LogP contribution in [-0.4, -0.2) is 19.1 Å². The summed E-state index contributed by atoms with van der Waals surface area (Å²) >= 11 is 9.13. The SMILES string of the molecule is Cc1nn(C)c(Cl)c1CSc1ncns1. The van der Waals surface area contributed by atoms with Gasteiger partial charge in [-0.2, -0.15) is 9.47 Å². The summed E-state index contributed by atoms with van der Waals surface area (Å²) in [6, 6.07) is 0. The molecule has 0 saturated heterocycles. The second-order valence-corrected chi connectivity index (χ2v) is 5.33. The molecule has 0 atom stereocenters. The fourth-order valence-electron chi connectivity index (χ4n) is 1.20. The van der Waals surface area contributed by atoms with Crippen molar-refractivity contribution in [1.82, 2.24) is 19.1 Å². The molecule has 0 aliphatic rings. The molecule has 0 aliphatic carbocycles. The van der Waals surface area contributed by atoms with Gasteiger partial charge in [0.25, 0.3) is 0 Å². The van der Waals surface area contributed by atoms with Gasteiger partial charge in [-0.3, -0.25) is 4.68 Å². The summed E-state index contributed by atoms with van der Waals surface area (Å²) in [5, 5.41) is 4.95. The monoisotopic (exact) mass is 260 g/mol. The van der Waals surface area contributed by atoms with Crippen LogP contribution in [0.15, 0.2) is 10.7 Å². The topological polar surface area (TPSA) is 43.6 Å². The van der Waals surface area contributed by atoms with Gasteiger partial charge in [-0.05, 0) is 18.5 Å². The molecule has 15 heavy (non-hydrogen) atoms. The average Bonchev–Trinajstić information content (AvgIpc) is 2.76. The highest BCUT2D eigenvalue weighted by Crippen LogP contribution is 2.28. The summed E-state index contributed by atoms with van der Waals surface area (Å²) in [4.78, 5) is 4.10. The maximum Gasteiger partial charge on any atom is 0.170 e. The second kappa shape index (κ2) is 4.51. The molecule has 2 aromatic heterocycles. The number of hydrogen-bond acceptors (Lipinski definition) is 5. The van der Waals surface area contributed by atoms with Crippen LogP contribution in [0.1, 0.15) is 11.3 Å². The van der Waals surface area contributed by atoms with E-state index in [1.165, 1.54) is 11.5 Å². The molecule has 0 bridgehead atoms. The van der Waals surface area contributed by atoms with Gasteiger partial charge >= 0.3 is 0 Å². The molecule has 2 heterocycles. The van der Waals surface area contributed by atoms with E-state index in [4.69, 9.17) is 11.6 Å². The minimum Gasteiger partial charge on any atom is -0.257 e. The summed E-state index contributed by atoms with van der Waals surface area (Å²) in [6.07, 6.45) is 1.56. The number of halogens is 1. The van der Waals surface area contributed by atoms with Gasteiger partial charge < -0.3 is 0 Å². The van der Waals surface area contributed by atoms with Crippen molar-refractivity contribution < 1.29 is 0 Å². The molecular weight excluding hydrogens is 252 g/mol. The lowest BCUT2D eigenvalue weighted by atomic mass is 10.3. The summed E-state index contributed by atoms with van der Waals surface area (Å²) in [7, 11) is 1.84. The summed E-state index contributed by atoms with van der Waals surface area (Å²) in [5.74, 6) is 0.785. The minimum atomic E-state index is 0.699. The summed E-state index contributed by atoms with van der Waals surface area (Å²) in [5.41, 5.74) is 2.04. The Hall–Kier alpha value is -0.590. The van der Waals surface area contributed by atoms with Crippen LogP contribution in [0, 0.1) is 6.92 Å². The highest BCUT2D eigenvalue weighted by Gasteiger charge is 2.11. The predicted octanol–water partition coefficient (Wildman–Crippen LogP) is 2.53. The van der Waals surface area contributed by atoms with Gasteiger partial charge in [0.05, 0.1) is 5.69 Å². The van der Waals surface area contributed by atoms with Gasteiger partial charge in [0.15, 0.2) is 4.34 Å². The molecule has 0 aromatic carbocycles. The number of thioether (sulfide) groups is 1. The molecule has 0 saturated carbocycles. The average molecular weight is 261 g/mol. The summed E-state index contributed by atoms with van der Waals surface area (Å²) in [6.45, 7) is 1.96. The molecule has 0 aliphatic heterocycles. The number of aromatic nitrogens is 4. The van der Waals surface area contributed by atoms with Crippen molar-refractivity contribution in [3.05, 3.63) is 22.7 Å². The van der Waals surface area contributed by atoms with E-state index in [2.05, 4.69) is 14.5 Å². The first kappa shape index (κ1) is 10.9. The first-order valence-electron chi connectivity index (χ1n) is 4.26. The Balaban J connectivity index is 2.11. The van der Waals surface area contributed by atoms with Crippen molar-refractivity contribution in [2.75, 3.05) is 0 Å². The first-order valence-corrected chi connectivity index (χ1v) is 6.39. The van der Waals surface area contributed by atoms with Gasteiger partial charge in [0.1, 0.15) is 11.5 Å². The van der Waals surface area contributed by atoms with Crippen LogP contribution < -0.4 is 0 Å². The van der Waals surface area contributed by atoms with Crippen molar-refractivity contribution in [2.24, 2.45) is 7.05 Å². The van der Waals surface area contributed by atoms with Crippen LogP contribution in [0.3, 0.4) is 0 Å². The van der Waals surface area contributed by atoms with Gasteiger partial charge in [0, 0.05) is 18.4 Å². The Kier molecular flexibility index (Phi) is 3.28. The summed E-state index contributed by atoms with van der Waals surface area (Å²) < 4.78 is 6.58. The van der Waals surface area contributed by atoms with E-state index < -0.39 is 0 Å². The maximum atomic E-state index is 6.11. The molecule has 0 unspecified atom stereocenters. The van der Waals surface area contributed by atoms with E-state index in [0.717, 1.165) is 21.3 Å². The maximum absolute atomic E-state index is 6.11. The molecule has 7 heteroatoms. The van der Waals surface area contributed by atoms with Crippen LogP contribution in [-0.2, 0) is 12.8 Å². The molecule has 0 amide bonds. The van der Waals surface area contributed by atoms with Crippen LogP contribution in [0.4, 0.5) is 0 Å². The van der Waals surface area contributed by atoms with Crippen molar-refractivity contribution in [3.63, 3.8) is 0 Å². The lowest BCUT2D eigenvalue weighted by Gasteiger charge is -1.97. The number of aryl methyl sites for hydroxylation is 2. The number of nitrogens with zero attached hydrogens (tertiary/aromatic N) is 4. The number of rotatable bonds is 3. The zero-order chi connectivity index (χ0) is 10.8. The molecule has 0 radical (unpaired) electrons. The Morgan fingerprint density at radius 2 is 2.40 bits per heavy atom. The van der Waals surface area contributed by atoms with Crippen LogP contribution in [0.25, 0.3) is 0 Å². The third-order valence-electron chi connectivity index (χ3n) is 1.95. The molecule has 0 fully saturated rings. The van der Waals surface area contributed by atoms with Crippen LogP contribution >= 0.6 is 34.9 Å². The van der Waals surface area contributed by atoms with Crippen molar-refractivity contribution in [3.8, 4) is 0 Å². The fourth-order valence-corrected chi connectivity index (χ4v) is 3.05. The van der Waals surface area contributed by atoms with Crippen molar-refractivity contribution in [1.29, 1.82) is 0 Å². The molecule has 0 N–H and O–H groups in total. The fraction of sp³-hybridized carbons (Fsp3) is 0.375. The van der Waals surface area contributed by atoms with Crippen LogP contribution in [0.5, 0.6) is 0 Å². The van der Waals surface area contributed by atoms with Crippen LogP contribution in [0.2, 0.25) is 5.15 Å². The predicted molar refractivity (Wildman–Crippen MR) is 62.4 cm³/mol. The van der Waals surface area contributed by atoms with Crippen molar-refractivity contribution >= 4 is 34.9 Å². The van der Waals surface area contributed by atoms with Crippen molar-refractivity contribution in [2.45, 2.75) is 17.0 Å². The number of hydrogen-bond donors (Lipinski definition) is 0. The Morgan fingerprint density at radius 1 is 1.60 bits per heavy atom. The lowest BCUT2D eigenvalue weighted by molar-refractivity contribution is 0.757. The molecule has 0 spiro atoms. The van der Waals surface area contributed by atoms with E-state index in [9.17, 15) is 0 Å². The van der Waals surface area contributed by atoms with E-state index in [0.29, 0.717) is 5.15 Å². The second-order valence-electron chi connectivity index (χ2n) is 2.97. The minimum absolute atomic E-state index is 0.699. The lowest BCUT2D eigenvalue weighted by Crippen LogP contribution is -1.89. The third-order valence-corrected chi connectivity index (χ3v) is 4.25. The zero-order valence-electron chi connectivity index (χ0n) is 8.27. The van der Waals surface area contributed by atoms with E-state index in [-0.39, 0.29) is 0 Å². The van der Waals surface area contributed by atoms with E-state index >= 15 is 0 Å². The van der Waals surface area contributed by atoms with Gasteiger partial charge in [0.2, 0.25) is 0 Å². The highest BCUT2D eigenvalue weighted by molar-refractivity contribution is 8.00. The van der Waals surface area contributed by atoms with Gasteiger partial charge in [-0.1, -0.05) is 23.4 Å². The first-order chi connectivity index (χ1) is 7.18. The standard InChI is InChI=1S/C8H9ClN4S2/c1-5-6(7(9)13(2)12-5)3-14-8-10-4-11-15-8/h4H,3H2,1-2H3. The van der Waals surface area contributed by atoms with Gasteiger partial charge in [-0.25, -0.2) is 4.98 Å².